The van der Waals surface area contributed by atoms with E-state index in [-0.39, 0.29) is 12.4 Å². The molecule has 1 aromatic carbocycles. The van der Waals surface area contributed by atoms with Gasteiger partial charge in [-0.3, -0.25) is 4.57 Å². The summed E-state index contributed by atoms with van der Waals surface area (Å²) in [6, 6.07) is 8.39. The first kappa shape index (κ1) is 20.7. The lowest BCUT2D eigenvalue weighted by molar-refractivity contribution is 0.0671. The van der Waals surface area contributed by atoms with Crippen LogP contribution in [0.15, 0.2) is 41.7 Å². The Kier molecular flexibility index (Phi) is 8.03. The van der Waals surface area contributed by atoms with E-state index in [9.17, 15) is 8.78 Å². The van der Waals surface area contributed by atoms with Crippen LogP contribution < -0.4 is 15.5 Å². The second kappa shape index (κ2) is 10.5. The van der Waals surface area contributed by atoms with Gasteiger partial charge in [-0.25, -0.2) is 9.98 Å². The minimum absolute atomic E-state index is 0.0854. The Bertz CT molecular complexity index is 728. The predicted octanol–water partition coefficient (Wildman–Crippen LogP) is 3.17. The standard InChI is InChI=1S/C19H28F2N6/c1-4-22-19(25-14-17-23-10-12-27(17)18(20)21)24-9-11-26(5-2)16-8-6-7-15(3)13-16/h6-8,10,12-13,18H,4-5,9,11,14H2,1-3H3,(H2,22,24,25). The van der Waals surface area contributed by atoms with Crippen molar-refractivity contribution in [2.75, 3.05) is 31.1 Å². The molecule has 27 heavy (non-hydrogen) atoms. The third-order valence-electron chi connectivity index (χ3n) is 4.10. The zero-order valence-corrected chi connectivity index (χ0v) is 16.1. The Balaban J connectivity index is 1.94. The van der Waals surface area contributed by atoms with Crippen molar-refractivity contribution >= 4 is 11.6 Å². The lowest BCUT2D eigenvalue weighted by atomic mass is 10.2. The van der Waals surface area contributed by atoms with E-state index >= 15 is 0 Å². The van der Waals surface area contributed by atoms with E-state index in [1.807, 2.05) is 6.92 Å². The van der Waals surface area contributed by atoms with E-state index in [2.05, 4.69) is 63.6 Å². The van der Waals surface area contributed by atoms with Crippen LogP contribution in [0.4, 0.5) is 14.5 Å². The Morgan fingerprint density at radius 1 is 1.30 bits per heavy atom. The average molecular weight is 378 g/mol. The Morgan fingerprint density at radius 2 is 2.11 bits per heavy atom. The SMILES string of the molecule is CCNC(=NCc1nccn1C(F)F)NCCN(CC)c1cccc(C)c1. The fourth-order valence-electron chi connectivity index (χ4n) is 2.74. The molecule has 2 rings (SSSR count). The molecule has 0 bridgehead atoms. The summed E-state index contributed by atoms with van der Waals surface area (Å²) in [5.41, 5.74) is 2.41. The molecule has 0 atom stereocenters. The molecule has 0 aliphatic heterocycles. The number of nitrogens with one attached hydrogen (secondary N) is 2. The van der Waals surface area contributed by atoms with Crippen LogP contribution in [-0.2, 0) is 6.54 Å². The van der Waals surface area contributed by atoms with Gasteiger partial charge in [0, 0.05) is 44.3 Å². The zero-order valence-electron chi connectivity index (χ0n) is 16.1. The molecule has 0 aliphatic carbocycles. The zero-order chi connectivity index (χ0) is 19.6. The number of anilines is 1. The van der Waals surface area contributed by atoms with Gasteiger partial charge >= 0.3 is 6.55 Å². The molecule has 2 N–H and O–H groups in total. The van der Waals surface area contributed by atoms with Gasteiger partial charge in [-0.05, 0) is 38.5 Å². The van der Waals surface area contributed by atoms with Crippen LogP contribution >= 0.6 is 0 Å². The lowest BCUT2D eigenvalue weighted by Gasteiger charge is -2.24. The van der Waals surface area contributed by atoms with E-state index in [0.29, 0.717) is 19.0 Å². The van der Waals surface area contributed by atoms with Crippen molar-refractivity contribution in [3.63, 3.8) is 0 Å². The van der Waals surface area contributed by atoms with Crippen molar-refractivity contribution in [3.8, 4) is 0 Å². The van der Waals surface area contributed by atoms with Crippen molar-refractivity contribution in [1.82, 2.24) is 20.2 Å². The summed E-state index contributed by atoms with van der Waals surface area (Å²) in [5.74, 6) is 0.818. The minimum atomic E-state index is -2.61. The molecule has 0 aliphatic rings. The van der Waals surface area contributed by atoms with E-state index in [1.54, 1.807) is 0 Å². The smallest absolute Gasteiger partial charge is 0.319 e. The van der Waals surface area contributed by atoms with Crippen LogP contribution in [0.2, 0.25) is 0 Å². The molecule has 0 amide bonds. The van der Waals surface area contributed by atoms with Gasteiger partial charge in [0.15, 0.2) is 5.96 Å². The first-order valence-electron chi connectivity index (χ1n) is 9.18. The number of halogens is 2. The number of nitrogens with zero attached hydrogens (tertiary/aromatic N) is 4. The minimum Gasteiger partial charge on any atom is -0.370 e. The number of benzene rings is 1. The van der Waals surface area contributed by atoms with Crippen LogP contribution in [0.3, 0.4) is 0 Å². The summed E-state index contributed by atoms with van der Waals surface area (Å²) in [4.78, 5) is 10.6. The number of alkyl halides is 2. The van der Waals surface area contributed by atoms with E-state index in [0.717, 1.165) is 17.7 Å². The van der Waals surface area contributed by atoms with Gasteiger partial charge < -0.3 is 15.5 Å². The maximum Gasteiger partial charge on any atom is 0.319 e. The monoisotopic (exact) mass is 378 g/mol. The largest absolute Gasteiger partial charge is 0.370 e. The summed E-state index contributed by atoms with van der Waals surface area (Å²) in [7, 11) is 0. The van der Waals surface area contributed by atoms with Crippen molar-refractivity contribution in [2.45, 2.75) is 33.9 Å². The number of aromatic nitrogens is 2. The lowest BCUT2D eigenvalue weighted by Crippen LogP contribution is -2.41. The third kappa shape index (κ3) is 6.23. The maximum atomic E-state index is 12.9. The molecule has 1 heterocycles. The second-order valence-corrected chi connectivity index (χ2v) is 6.07. The van der Waals surface area contributed by atoms with Crippen molar-refractivity contribution in [2.24, 2.45) is 4.99 Å². The molecule has 0 spiro atoms. The summed E-state index contributed by atoms with van der Waals surface area (Å²) in [6.07, 6.45) is 2.62. The molecule has 2 aromatic rings. The van der Waals surface area contributed by atoms with Crippen LogP contribution in [0.25, 0.3) is 0 Å². The number of hydrogen-bond donors (Lipinski definition) is 2. The highest BCUT2D eigenvalue weighted by molar-refractivity contribution is 5.79. The molecular weight excluding hydrogens is 350 g/mol. The number of aliphatic imine (C=N–C) groups is 1. The summed E-state index contributed by atoms with van der Waals surface area (Å²) < 4.78 is 26.6. The van der Waals surface area contributed by atoms with Crippen molar-refractivity contribution < 1.29 is 8.78 Å². The molecule has 0 unspecified atom stereocenters. The number of guanidine groups is 1. The van der Waals surface area contributed by atoms with Crippen LogP contribution in [0, 0.1) is 6.92 Å². The van der Waals surface area contributed by atoms with Crippen LogP contribution in [0.1, 0.15) is 31.8 Å². The van der Waals surface area contributed by atoms with Gasteiger partial charge in [0.25, 0.3) is 0 Å². The first-order valence-corrected chi connectivity index (χ1v) is 9.18. The normalized spacial score (nSPS) is 11.7. The Labute approximate surface area is 159 Å². The molecule has 0 saturated carbocycles. The second-order valence-electron chi connectivity index (χ2n) is 6.07. The number of likely N-dealkylation sites (N-methyl/N-ethyl adjacent to an activating group) is 1. The molecule has 148 valence electrons. The highest BCUT2D eigenvalue weighted by Gasteiger charge is 2.11. The number of rotatable bonds is 9. The van der Waals surface area contributed by atoms with Crippen LogP contribution in [0.5, 0.6) is 0 Å². The quantitative estimate of drug-likeness (QED) is 0.520. The van der Waals surface area contributed by atoms with Gasteiger partial charge in [-0.1, -0.05) is 12.1 Å². The predicted molar refractivity (Wildman–Crippen MR) is 105 cm³/mol. The molecule has 6 nitrogen and oxygen atoms in total. The summed E-state index contributed by atoms with van der Waals surface area (Å²) in [6.45, 7) is 6.69. The highest BCUT2D eigenvalue weighted by Crippen LogP contribution is 2.15. The van der Waals surface area contributed by atoms with Crippen LogP contribution in [-0.4, -0.2) is 41.7 Å². The third-order valence-corrected chi connectivity index (χ3v) is 4.10. The number of hydrogen-bond acceptors (Lipinski definition) is 3. The van der Waals surface area contributed by atoms with E-state index in [1.165, 1.54) is 23.6 Å². The van der Waals surface area contributed by atoms with Crippen molar-refractivity contribution in [3.05, 3.63) is 48.0 Å². The van der Waals surface area contributed by atoms with Gasteiger partial charge in [0.05, 0.1) is 0 Å². The Hall–Kier alpha value is -2.64. The fraction of sp³-hybridized carbons (Fsp3) is 0.474. The molecule has 8 heteroatoms. The fourth-order valence-corrected chi connectivity index (χ4v) is 2.74. The van der Waals surface area contributed by atoms with Crippen molar-refractivity contribution in [1.29, 1.82) is 0 Å². The molecule has 1 aromatic heterocycles. The van der Waals surface area contributed by atoms with Gasteiger partial charge in [0.1, 0.15) is 12.4 Å². The van der Waals surface area contributed by atoms with E-state index < -0.39 is 6.55 Å². The summed E-state index contributed by atoms with van der Waals surface area (Å²) in [5, 5.41) is 6.38. The van der Waals surface area contributed by atoms with Gasteiger partial charge in [-0.15, -0.1) is 0 Å². The highest BCUT2D eigenvalue weighted by atomic mass is 19.3. The average Bonchev–Trinajstić information content (AvgIpc) is 3.12. The molecular formula is C19H28F2N6. The molecule has 0 fully saturated rings. The topological polar surface area (TPSA) is 57.5 Å². The molecule has 0 saturated heterocycles. The number of imidazole rings is 1. The molecule has 0 radical (unpaired) electrons. The summed E-state index contributed by atoms with van der Waals surface area (Å²) >= 11 is 0. The maximum absolute atomic E-state index is 12.9. The Morgan fingerprint density at radius 3 is 2.78 bits per heavy atom. The van der Waals surface area contributed by atoms with E-state index in [4.69, 9.17) is 0 Å². The number of aryl methyl sites for hydroxylation is 1. The van der Waals surface area contributed by atoms with Gasteiger partial charge in [0.2, 0.25) is 0 Å². The van der Waals surface area contributed by atoms with Gasteiger partial charge in [-0.2, -0.15) is 8.78 Å². The first-order chi connectivity index (χ1) is 13.0.